The van der Waals surface area contributed by atoms with Gasteiger partial charge in [0, 0.05) is 18.4 Å². The third-order valence-corrected chi connectivity index (χ3v) is 3.87. The van der Waals surface area contributed by atoms with Gasteiger partial charge in [0.15, 0.2) is 0 Å². The fourth-order valence-corrected chi connectivity index (χ4v) is 2.22. The van der Waals surface area contributed by atoms with Crippen LogP contribution < -0.4 is 10.5 Å². The molecule has 20 heavy (non-hydrogen) atoms. The van der Waals surface area contributed by atoms with Crippen molar-refractivity contribution in [2.75, 3.05) is 0 Å². The summed E-state index contributed by atoms with van der Waals surface area (Å²) >= 11 is 12.2. The molecule has 2 N–H and O–H groups in total. The monoisotopic (exact) mass is 310 g/mol. The molecule has 0 aliphatic carbocycles. The summed E-state index contributed by atoms with van der Waals surface area (Å²) in [6, 6.07) is 8.93. The Morgan fingerprint density at radius 3 is 2.55 bits per heavy atom. The Kier molecular flexibility index (Phi) is 5.24. The second kappa shape index (κ2) is 6.93. The lowest BCUT2D eigenvalue weighted by Gasteiger charge is -2.25. The Hall–Kier alpha value is -1.29. The van der Waals surface area contributed by atoms with Crippen LogP contribution in [-0.4, -0.2) is 11.0 Å². The number of benzene rings is 1. The largest absolute Gasteiger partial charge is 0.482 e. The van der Waals surface area contributed by atoms with E-state index in [1.165, 1.54) is 0 Å². The van der Waals surface area contributed by atoms with E-state index < -0.39 is 0 Å². The minimum absolute atomic E-state index is 0.146. The van der Waals surface area contributed by atoms with Gasteiger partial charge in [0.1, 0.15) is 16.9 Å². The SMILES string of the molecule is CCC(N)C(Oc1cccc(Cl)c1Cl)c1ccncc1. The van der Waals surface area contributed by atoms with Gasteiger partial charge in [0.2, 0.25) is 0 Å². The average Bonchev–Trinajstić information content (AvgIpc) is 2.49. The van der Waals surface area contributed by atoms with Crippen LogP contribution in [0.3, 0.4) is 0 Å². The maximum absolute atomic E-state index is 6.16. The standard InChI is InChI=1S/C15H16Cl2N2O/c1-2-12(18)15(10-6-8-19-9-7-10)20-13-5-3-4-11(16)14(13)17/h3-9,12,15H,2,18H2,1H3. The summed E-state index contributed by atoms with van der Waals surface area (Å²) in [5.41, 5.74) is 7.13. The van der Waals surface area contributed by atoms with Gasteiger partial charge in [0.05, 0.1) is 5.02 Å². The molecule has 0 aliphatic heterocycles. The second-order valence-electron chi connectivity index (χ2n) is 4.44. The van der Waals surface area contributed by atoms with Crippen molar-refractivity contribution in [3.63, 3.8) is 0 Å². The number of aromatic nitrogens is 1. The molecular formula is C15H16Cl2N2O. The zero-order valence-corrected chi connectivity index (χ0v) is 12.6. The molecule has 0 bridgehead atoms. The Labute approximate surface area is 128 Å². The molecule has 106 valence electrons. The molecule has 0 saturated carbocycles. The third kappa shape index (κ3) is 3.42. The summed E-state index contributed by atoms with van der Waals surface area (Å²) in [6.07, 6.45) is 3.92. The van der Waals surface area contributed by atoms with Crippen molar-refractivity contribution in [3.05, 3.63) is 58.3 Å². The van der Waals surface area contributed by atoms with E-state index in [0.29, 0.717) is 15.8 Å². The van der Waals surface area contributed by atoms with Crippen molar-refractivity contribution in [1.29, 1.82) is 0 Å². The summed E-state index contributed by atoms with van der Waals surface area (Å²) in [5, 5.41) is 0.860. The van der Waals surface area contributed by atoms with E-state index in [1.807, 2.05) is 19.1 Å². The first-order valence-electron chi connectivity index (χ1n) is 6.39. The third-order valence-electron chi connectivity index (χ3n) is 3.07. The number of hydrogen-bond donors (Lipinski definition) is 1. The van der Waals surface area contributed by atoms with E-state index in [0.717, 1.165) is 12.0 Å². The topological polar surface area (TPSA) is 48.1 Å². The minimum atomic E-state index is -0.293. The second-order valence-corrected chi connectivity index (χ2v) is 5.23. The van der Waals surface area contributed by atoms with Crippen LogP contribution in [-0.2, 0) is 0 Å². The molecule has 2 aromatic rings. The van der Waals surface area contributed by atoms with E-state index in [2.05, 4.69) is 4.98 Å². The van der Waals surface area contributed by atoms with Crippen molar-refractivity contribution in [3.8, 4) is 5.75 Å². The fourth-order valence-electron chi connectivity index (χ4n) is 1.88. The molecule has 1 aromatic heterocycles. The Morgan fingerprint density at radius 2 is 1.90 bits per heavy atom. The van der Waals surface area contributed by atoms with Crippen molar-refractivity contribution in [1.82, 2.24) is 4.98 Å². The molecule has 3 nitrogen and oxygen atoms in total. The number of pyridine rings is 1. The molecule has 0 aliphatic rings. The molecule has 1 aromatic carbocycles. The predicted octanol–water partition coefficient (Wildman–Crippen LogP) is 4.25. The number of halogens is 2. The van der Waals surface area contributed by atoms with E-state index in [9.17, 15) is 0 Å². The molecule has 2 unspecified atom stereocenters. The van der Waals surface area contributed by atoms with Crippen molar-refractivity contribution >= 4 is 23.2 Å². The van der Waals surface area contributed by atoms with Gasteiger partial charge in [0.25, 0.3) is 0 Å². The molecule has 2 atom stereocenters. The van der Waals surface area contributed by atoms with Crippen molar-refractivity contribution < 1.29 is 4.74 Å². The van der Waals surface area contributed by atoms with Gasteiger partial charge in [-0.1, -0.05) is 36.2 Å². The summed E-state index contributed by atoms with van der Waals surface area (Å²) in [5.74, 6) is 0.532. The maximum atomic E-state index is 6.16. The van der Waals surface area contributed by atoms with E-state index in [1.54, 1.807) is 30.6 Å². The van der Waals surface area contributed by atoms with Crippen LogP contribution in [0.25, 0.3) is 0 Å². The van der Waals surface area contributed by atoms with Gasteiger partial charge >= 0.3 is 0 Å². The normalized spacial score (nSPS) is 13.8. The summed E-state index contributed by atoms with van der Waals surface area (Å²) in [6.45, 7) is 2.02. The zero-order chi connectivity index (χ0) is 14.5. The van der Waals surface area contributed by atoms with Gasteiger partial charge in [-0.3, -0.25) is 4.98 Å². The lowest BCUT2D eigenvalue weighted by Crippen LogP contribution is -2.31. The van der Waals surface area contributed by atoms with Gasteiger partial charge in [-0.15, -0.1) is 0 Å². The summed E-state index contributed by atoms with van der Waals surface area (Å²) < 4.78 is 6.00. The first-order valence-corrected chi connectivity index (χ1v) is 7.15. The summed E-state index contributed by atoms with van der Waals surface area (Å²) in [4.78, 5) is 4.01. The number of hydrogen-bond acceptors (Lipinski definition) is 3. The highest BCUT2D eigenvalue weighted by Gasteiger charge is 2.22. The molecular weight excluding hydrogens is 295 g/mol. The molecule has 1 heterocycles. The van der Waals surface area contributed by atoms with Crippen molar-refractivity contribution in [2.45, 2.75) is 25.5 Å². The first kappa shape index (κ1) is 15.1. The van der Waals surface area contributed by atoms with Crippen LogP contribution in [0.1, 0.15) is 25.0 Å². The van der Waals surface area contributed by atoms with Gasteiger partial charge < -0.3 is 10.5 Å². The number of nitrogens with zero attached hydrogens (tertiary/aromatic N) is 1. The van der Waals surface area contributed by atoms with Crippen molar-refractivity contribution in [2.24, 2.45) is 5.73 Å². The molecule has 0 saturated heterocycles. The average molecular weight is 311 g/mol. The lowest BCUT2D eigenvalue weighted by atomic mass is 10.0. The van der Waals surface area contributed by atoms with Gasteiger partial charge in [-0.05, 0) is 36.2 Å². The van der Waals surface area contributed by atoms with Crippen LogP contribution >= 0.6 is 23.2 Å². The Morgan fingerprint density at radius 1 is 1.20 bits per heavy atom. The predicted molar refractivity (Wildman–Crippen MR) is 82.3 cm³/mol. The van der Waals surface area contributed by atoms with Crippen LogP contribution in [0.15, 0.2) is 42.7 Å². The Balaban J connectivity index is 2.31. The number of nitrogens with two attached hydrogens (primary N) is 1. The van der Waals surface area contributed by atoms with Crippen LogP contribution in [0, 0.1) is 0 Å². The minimum Gasteiger partial charge on any atom is -0.482 e. The molecule has 0 spiro atoms. The highest BCUT2D eigenvalue weighted by atomic mass is 35.5. The van der Waals surface area contributed by atoms with E-state index in [4.69, 9.17) is 33.7 Å². The van der Waals surface area contributed by atoms with Gasteiger partial charge in [-0.2, -0.15) is 0 Å². The molecule has 0 amide bonds. The van der Waals surface area contributed by atoms with Gasteiger partial charge in [-0.25, -0.2) is 0 Å². The fraction of sp³-hybridized carbons (Fsp3) is 0.267. The number of ether oxygens (including phenoxy) is 1. The molecule has 5 heteroatoms. The van der Waals surface area contributed by atoms with E-state index >= 15 is 0 Å². The Bertz CT molecular complexity index is 563. The van der Waals surface area contributed by atoms with Crippen LogP contribution in [0.2, 0.25) is 10.0 Å². The molecule has 0 radical (unpaired) electrons. The maximum Gasteiger partial charge on any atom is 0.140 e. The molecule has 2 rings (SSSR count). The quantitative estimate of drug-likeness (QED) is 0.898. The lowest BCUT2D eigenvalue weighted by molar-refractivity contribution is 0.171. The number of rotatable bonds is 5. The highest BCUT2D eigenvalue weighted by molar-refractivity contribution is 6.42. The smallest absolute Gasteiger partial charge is 0.140 e. The summed E-state index contributed by atoms with van der Waals surface area (Å²) in [7, 11) is 0. The highest BCUT2D eigenvalue weighted by Crippen LogP contribution is 2.35. The zero-order valence-electron chi connectivity index (χ0n) is 11.1. The first-order chi connectivity index (χ1) is 9.63. The van der Waals surface area contributed by atoms with Crippen LogP contribution in [0.5, 0.6) is 5.75 Å². The molecule has 0 fully saturated rings. The van der Waals surface area contributed by atoms with Crippen LogP contribution in [0.4, 0.5) is 0 Å². The van der Waals surface area contributed by atoms with E-state index in [-0.39, 0.29) is 12.1 Å².